The van der Waals surface area contributed by atoms with Crippen LogP contribution < -0.4 is 10.5 Å². The third-order valence-electron chi connectivity index (χ3n) is 7.75. The lowest BCUT2D eigenvalue weighted by atomic mass is 9.60. The van der Waals surface area contributed by atoms with Gasteiger partial charge in [0.05, 0.1) is 5.69 Å². The Balaban J connectivity index is 1.33. The number of nitrogen functional groups attached to an aromatic ring is 1. The van der Waals surface area contributed by atoms with Crippen molar-refractivity contribution < 1.29 is 22.3 Å². The number of fused-ring (bicyclic) bond motifs is 1. The van der Waals surface area contributed by atoms with Crippen LogP contribution in [0.4, 0.5) is 23.4 Å². The standard InChI is InChI=1S/C21H23F4N5O/c1-9(2)30-16(20-12-4-13(20)18(17(12)20)29-7-11(22)8-29)5-14(28-30)10-3-15(19(26)27-6-10)31-21(23,24)25/h3,5-6,9,11-13,17-18H,4,7-8H2,1-2H3,(H2,26,27)/t12-,13?,17?,18?,20?/m0/s1. The van der Waals surface area contributed by atoms with E-state index < -0.39 is 18.3 Å². The number of hydrogen-bond donors (Lipinski definition) is 1. The fourth-order valence-electron chi connectivity index (χ4n) is 6.54. The van der Waals surface area contributed by atoms with Crippen LogP contribution >= 0.6 is 0 Å². The minimum atomic E-state index is -4.85. The Morgan fingerprint density at radius 3 is 2.58 bits per heavy atom. The molecule has 0 radical (unpaired) electrons. The van der Waals surface area contributed by atoms with Gasteiger partial charge in [-0.3, -0.25) is 9.58 Å². The van der Waals surface area contributed by atoms with Crippen LogP contribution in [-0.2, 0) is 5.41 Å². The summed E-state index contributed by atoms with van der Waals surface area (Å²) in [6, 6.07) is 3.78. The molecule has 5 atom stereocenters. The quantitative estimate of drug-likeness (QED) is 0.725. The molecule has 6 nitrogen and oxygen atoms in total. The Morgan fingerprint density at radius 1 is 1.23 bits per heavy atom. The average Bonchev–Trinajstić information content (AvgIpc) is 3.08. The number of rotatable bonds is 5. The molecule has 3 saturated carbocycles. The molecule has 1 saturated heterocycles. The highest BCUT2D eigenvalue weighted by Gasteiger charge is 2.90. The van der Waals surface area contributed by atoms with Gasteiger partial charge in [-0.25, -0.2) is 9.37 Å². The van der Waals surface area contributed by atoms with Crippen molar-refractivity contribution >= 4 is 5.82 Å². The van der Waals surface area contributed by atoms with Crippen molar-refractivity contribution in [2.24, 2.45) is 17.8 Å². The molecule has 2 N–H and O–H groups in total. The summed E-state index contributed by atoms with van der Waals surface area (Å²) in [6.07, 6.45) is -2.98. The number of halogens is 4. The monoisotopic (exact) mass is 437 g/mol. The second-order valence-electron chi connectivity index (χ2n) is 9.56. The maximum absolute atomic E-state index is 13.4. The summed E-state index contributed by atoms with van der Waals surface area (Å²) in [5.41, 5.74) is 7.77. The van der Waals surface area contributed by atoms with Crippen molar-refractivity contribution in [1.29, 1.82) is 0 Å². The molecular formula is C21H23F4N5O. The SMILES string of the molecule is CC(C)n1nc(-c2cnc(N)c(OC(F)(F)F)c2)cc1C12C3C[C@H]1C2C3N1CC(F)C1. The zero-order chi connectivity index (χ0) is 21.9. The molecule has 3 aliphatic carbocycles. The van der Waals surface area contributed by atoms with Gasteiger partial charge in [0.1, 0.15) is 6.17 Å². The lowest BCUT2D eigenvalue weighted by Crippen LogP contribution is -2.64. The first-order valence-electron chi connectivity index (χ1n) is 10.6. The highest BCUT2D eigenvalue weighted by atomic mass is 19.4. The molecule has 4 unspecified atom stereocenters. The third-order valence-corrected chi connectivity index (χ3v) is 7.75. The van der Waals surface area contributed by atoms with E-state index in [1.54, 1.807) is 0 Å². The van der Waals surface area contributed by atoms with E-state index in [9.17, 15) is 17.6 Å². The van der Waals surface area contributed by atoms with Crippen LogP contribution in [0.5, 0.6) is 5.75 Å². The zero-order valence-corrected chi connectivity index (χ0v) is 17.1. The molecule has 2 aromatic heterocycles. The smallest absolute Gasteiger partial charge is 0.402 e. The van der Waals surface area contributed by atoms with E-state index in [0.717, 1.165) is 12.1 Å². The lowest BCUT2D eigenvalue weighted by molar-refractivity contribution is -0.274. The van der Waals surface area contributed by atoms with Gasteiger partial charge in [-0.15, -0.1) is 13.2 Å². The van der Waals surface area contributed by atoms with Crippen LogP contribution in [0.1, 0.15) is 32.0 Å². The van der Waals surface area contributed by atoms with Crippen molar-refractivity contribution in [3.8, 4) is 17.0 Å². The van der Waals surface area contributed by atoms with E-state index in [1.807, 2.05) is 24.6 Å². The molecule has 10 heteroatoms. The Morgan fingerprint density at radius 2 is 1.97 bits per heavy atom. The zero-order valence-electron chi connectivity index (χ0n) is 17.1. The predicted molar refractivity (Wildman–Crippen MR) is 104 cm³/mol. The molecule has 1 aliphatic heterocycles. The van der Waals surface area contributed by atoms with Gasteiger partial charge in [0, 0.05) is 48.0 Å². The van der Waals surface area contributed by atoms with Crippen molar-refractivity contribution in [2.45, 2.75) is 50.3 Å². The Labute approximate surface area is 176 Å². The number of pyridine rings is 1. The first-order chi connectivity index (χ1) is 14.6. The summed E-state index contributed by atoms with van der Waals surface area (Å²) in [7, 11) is 0. The molecular weight excluding hydrogens is 414 g/mol. The van der Waals surface area contributed by atoms with Crippen LogP contribution in [0, 0.1) is 17.8 Å². The van der Waals surface area contributed by atoms with Gasteiger partial charge in [-0.2, -0.15) is 5.10 Å². The second kappa shape index (κ2) is 5.90. The largest absolute Gasteiger partial charge is 0.573 e. The molecule has 0 bridgehead atoms. The fourth-order valence-corrected chi connectivity index (χ4v) is 6.54. The van der Waals surface area contributed by atoms with Gasteiger partial charge in [0.15, 0.2) is 11.6 Å². The van der Waals surface area contributed by atoms with Gasteiger partial charge in [0.25, 0.3) is 0 Å². The van der Waals surface area contributed by atoms with Crippen LogP contribution in [0.2, 0.25) is 0 Å². The van der Waals surface area contributed by atoms with E-state index in [-0.39, 0.29) is 17.3 Å². The molecule has 4 aliphatic rings. The summed E-state index contributed by atoms with van der Waals surface area (Å²) in [5, 5.41) is 4.72. The van der Waals surface area contributed by atoms with Gasteiger partial charge >= 0.3 is 6.36 Å². The maximum atomic E-state index is 13.4. The van der Waals surface area contributed by atoms with Crippen LogP contribution in [0.15, 0.2) is 18.3 Å². The molecule has 31 heavy (non-hydrogen) atoms. The van der Waals surface area contributed by atoms with Crippen molar-refractivity contribution in [1.82, 2.24) is 19.7 Å². The number of likely N-dealkylation sites (tertiary alicyclic amines) is 1. The number of anilines is 1. The third kappa shape index (κ3) is 2.48. The lowest BCUT2D eigenvalue weighted by Gasteiger charge is -2.55. The first-order valence-corrected chi connectivity index (χ1v) is 10.6. The van der Waals surface area contributed by atoms with Gasteiger partial charge < -0.3 is 10.5 Å². The van der Waals surface area contributed by atoms with Gasteiger partial charge in [-0.05, 0) is 50.2 Å². The summed E-state index contributed by atoms with van der Waals surface area (Å²) >= 11 is 0. The minimum Gasteiger partial charge on any atom is -0.402 e. The number of nitrogens with two attached hydrogens (primary N) is 1. The van der Waals surface area contributed by atoms with E-state index >= 15 is 0 Å². The highest BCUT2D eigenvalue weighted by Crippen LogP contribution is 2.87. The Bertz CT molecular complexity index is 1050. The highest BCUT2D eigenvalue weighted by molar-refractivity contribution is 5.66. The molecule has 2 aromatic rings. The summed E-state index contributed by atoms with van der Waals surface area (Å²) in [6.45, 7) is 5.15. The number of hydrogen-bond acceptors (Lipinski definition) is 5. The van der Waals surface area contributed by atoms with Crippen LogP contribution in [-0.4, -0.2) is 51.3 Å². The van der Waals surface area contributed by atoms with Crippen molar-refractivity contribution in [2.75, 3.05) is 18.8 Å². The summed E-state index contributed by atoms with van der Waals surface area (Å²) in [5.74, 6) is 0.774. The summed E-state index contributed by atoms with van der Waals surface area (Å²) in [4.78, 5) is 6.15. The molecule has 0 spiro atoms. The van der Waals surface area contributed by atoms with E-state index in [4.69, 9.17) is 10.8 Å². The van der Waals surface area contributed by atoms with Crippen molar-refractivity contribution in [3.63, 3.8) is 0 Å². The number of aromatic nitrogens is 3. The number of alkyl halides is 4. The number of nitrogens with zero attached hydrogens (tertiary/aromatic N) is 4. The van der Waals surface area contributed by atoms with Gasteiger partial charge in [-0.1, -0.05) is 0 Å². The Kier molecular flexibility index (Phi) is 3.68. The minimum absolute atomic E-state index is 0.0914. The number of ether oxygens (including phenoxy) is 1. The second-order valence-corrected chi connectivity index (χ2v) is 9.56. The molecule has 4 fully saturated rings. The van der Waals surface area contributed by atoms with Crippen LogP contribution in [0.25, 0.3) is 11.3 Å². The molecule has 166 valence electrons. The van der Waals surface area contributed by atoms with Crippen molar-refractivity contribution in [3.05, 3.63) is 24.0 Å². The topological polar surface area (TPSA) is 69.2 Å². The molecule has 0 aromatic carbocycles. The molecule has 3 heterocycles. The van der Waals surface area contributed by atoms with E-state index in [1.165, 1.54) is 12.3 Å². The fraction of sp³-hybridized carbons (Fsp3) is 0.619. The Hall–Kier alpha value is -2.36. The molecule has 6 rings (SSSR count). The normalized spacial score (nSPS) is 34.0. The summed E-state index contributed by atoms with van der Waals surface area (Å²) < 4.78 is 57.5. The first kappa shape index (κ1) is 19.3. The predicted octanol–water partition coefficient (Wildman–Crippen LogP) is 3.55. The van der Waals surface area contributed by atoms with Crippen LogP contribution in [0.3, 0.4) is 0 Å². The molecule has 0 amide bonds. The maximum Gasteiger partial charge on any atom is 0.573 e. The van der Waals surface area contributed by atoms with E-state index in [0.29, 0.717) is 48.1 Å². The van der Waals surface area contributed by atoms with E-state index in [2.05, 4.69) is 14.6 Å². The average molecular weight is 437 g/mol. The van der Waals surface area contributed by atoms with Gasteiger partial charge in [0.2, 0.25) is 0 Å².